The van der Waals surface area contributed by atoms with Crippen LogP contribution in [-0.4, -0.2) is 23.5 Å². The first-order chi connectivity index (χ1) is 11.9. The highest BCUT2D eigenvalue weighted by Gasteiger charge is 2.29. The Labute approximate surface area is 146 Å². The van der Waals surface area contributed by atoms with E-state index in [1.807, 2.05) is 12.1 Å². The molecule has 128 valence electrons. The number of ketones is 1. The molecular weight excluding hydrogens is 316 g/mol. The predicted molar refractivity (Wildman–Crippen MR) is 96.3 cm³/mol. The molecular formula is C21H20O4. The number of carbonyl (C=O) groups is 2. The van der Waals surface area contributed by atoms with Crippen LogP contribution in [0.2, 0.25) is 0 Å². The normalized spacial score (nSPS) is 15.4. The first-order valence-corrected chi connectivity index (χ1v) is 8.20. The van der Waals surface area contributed by atoms with Crippen molar-refractivity contribution in [2.45, 2.75) is 25.7 Å². The summed E-state index contributed by atoms with van der Waals surface area (Å²) in [5, 5.41) is 8.90. The van der Waals surface area contributed by atoms with Gasteiger partial charge >= 0.3 is 5.97 Å². The number of benzene rings is 2. The van der Waals surface area contributed by atoms with Gasteiger partial charge in [0, 0.05) is 11.1 Å². The molecule has 0 unspecified atom stereocenters. The van der Waals surface area contributed by atoms with E-state index in [1.165, 1.54) is 18.2 Å². The lowest BCUT2D eigenvalue weighted by molar-refractivity contribution is 0.0696. The van der Waals surface area contributed by atoms with E-state index in [-0.39, 0.29) is 16.8 Å². The van der Waals surface area contributed by atoms with Crippen LogP contribution in [-0.2, 0) is 5.41 Å². The number of ether oxygens (including phenoxy) is 1. The Morgan fingerprint density at radius 3 is 2.44 bits per heavy atom. The Kier molecular flexibility index (Phi) is 4.45. The number of hydrogen-bond acceptors (Lipinski definition) is 3. The average molecular weight is 336 g/mol. The van der Waals surface area contributed by atoms with E-state index >= 15 is 0 Å². The zero-order chi connectivity index (χ0) is 18.0. The van der Waals surface area contributed by atoms with E-state index < -0.39 is 5.97 Å². The molecule has 0 amide bonds. The zero-order valence-electron chi connectivity index (χ0n) is 14.3. The van der Waals surface area contributed by atoms with Crippen LogP contribution in [0, 0.1) is 0 Å². The lowest BCUT2D eigenvalue weighted by Gasteiger charge is -2.32. The Morgan fingerprint density at radius 2 is 1.76 bits per heavy atom. The minimum absolute atomic E-state index is 0.0136. The third kappa shape index (κ3) is 3.63. The van der Waals surface area contributed by atoms with Gasteiger partial charge < -0.3 is 9.84 Å². The molecule has 25 heavy (non-hydrogen) atoms. The summed E-state index contributed by atoms with van der Waals surface area (Å²) in [5.74, 6) is -0.210. The molecule has 2 aromatic rings. The van der Waals surface area contributed by atoms with E-state index in [0.717, 1.165) is 23.3 Å². The average Bonchev–Trinajstić information content (AvgIpc) is 2.59. The van der Waals surface area contributed by atoms with Crippen molar-refractivity contribution in [3.63, 3.8) is 0 Å². The number of rotatable bonds is 4. The number of hydrogen-bond donors (Lipinski definition) is 1. The summed E-state index contributed by atoms with van der Waals surface area (Å²) >= 11 is 0. The van der Waals surface area contributed by atoms with Crippen molar-refractivity contribution in [1.29, 1.82) is 0 Å². The molecule has 0 radical (unpaired) electrons. The van der Waals surface area contributed by atoms with Gasteiger partial charge in [0.1, 0.15) is 5.75 Å². The van der Waals surface area contributed by atoms with Gasteiger partial charge in [-0.3, -0.25) is 4.79 Å². The van der Waals surface area contributed by atoms with Crippen molar-refractivity contribution < 1.29 is 19.4 Å². The second-order valence-corrected chi connectivity index (χ2v) is 6.82. The van der Waals surface area contributed by atoms with Gasteiger partial charge in [0.15, 0.2) is 5.78 Å². The Hall–Kier alpha value is -2.88. The first-order valence-electron chi connectivity index (χ1n) is 8.20. The molecule has 0 aliphatic carbocycles. The lowest BCUT2D eigenvalue weighted by atomic mass is 9.79. The highest BCUT2D eigenvalue weighted by molar-refractivity contribution is 6.07. The number of carboxylic acids is 1. The summed E-state index contributed by atoms with van der Waals surface area (Å²) in [6, 6.07) is 11.9. The smallest absolute Gasteiger partial charge is 0.335 e. The van der Waals surface area contributed by atoms with E-state index in [1.54, 1.807) is 24.3 Å². The van der Waals surface area contributed by atoms with Crippen LogP contribution in [0.25, 0.3) is 6.08 Å². The molecule has 1 N–H and O–H groups in total. The quantitative estimate of drug-likeness (QED) is 0.666. The second-order valence-electron chi connectivity index (χ2n) is 6.82. The summed E-state index contributed by atoms with van der Waals surface area (Å²) in [7, 11) is 0. The molecule has 0 fully saturated rings. The van der Waals surface area contributed by atoms with Crippen molar-refractivity contribution in [2.24, 2.45) is 0 Å². The molecule has 0 saturated heterocycles. The summed E-state index contributed by atoms with van der Waals surface area (Å²) in [6.07, 6.45) is 4.12. The third-order valence-electron chi connectivity index (χ3n) is 4.56. The minimum Gasteiger partial charge on any atom is -0.493 e. The van der Waals surface area contributed by atoms with Crippen LogP contribution in [0.3, 0.4) is 0 Å². The second kappa shape index (κ2) is 6.55. The van der Waals surface area contributed by atoms with Crippen molar-refractivity contribution in [3.05, 3.63) is 70.8 Å². The Morgan fingerprint density at radius 1 is 1.08 bits per heavy atom. The third-order valence-corrected chi connectivity index (χ3v) is 4.56. The molecule has 4 heteroatoms. The van der Waals surface area contributed by atoms with Crippen LogP contribution in [0.15, 0.2) is 48.5 Å². The van der Waals surface area contributed by atoms with E-state index in [2.05, 4.69) is 13.8 Å². The standard InChI is InChI=1S/C21H20O4/c1-21(2)11-12-25-19-10-8-16(13-17(19)21)18(22)9-5-14-3-6-15(7-4-14)20(23)24/h3-10,13H,11-12H2,1-2H3,(H,23,24)/b9-5+. The molecule has 0 atom stereocenters. The zero-order valence-corrected chi connectivity index (χ0v) is 14.3. The first kappa shape index (κ1) is 17.0. The fraction of sp³-hybridized carbons (Fsp3) is 0.238. The fourth-order valence-corrected chi connectivity index (χ4v) is 2.89. The Bertz CT molecular complexity index is 845. The van der Waals surface area contributed by atoms with Gasteiger partial charge in [0.25, 0.3) is 0 Å². The maximum absolute atomic E-state index is 12.5. The number of aromatic carboxylic acids is 1. The topological polar surface area (TPSA) is 63.6 Å². The van der Waals surface area contributed by atoms with Gasteiger partial charge in [0.2, 0.25) is 0 Å². The van der Waals surface area contributed by atoms with Crippen molar-refractivity contribution in [1.82, 2.24) is 0 Å². The number of fused-ring (bicyclic) bond motifs is 1. The van der Waals surface area contributed by atoms with Gasteiger partial charge in [-0.1, -0.05) is 32.1 Å². The molecule has 0 aromatic heterocycles. The van der Waals surface area contributed by atoms with Crippen LogP contribution < -0.4 is 4.74 Å². The monoisotopic (exact) mass is 336 g/mol. The van der Waals surface area contributed by atoms with Gasteiger partial charge in [-0.2, -0.15) is 0 Å². The predicted octanol–water partition coefficient (Wildman–Crippen LogP) is 4.34. The molecule has 2 aromatic carbocycles. The van der Waals surface area contributed by atoms with Gasteiger partial charge in [-0.25, -0.2) is 4.79 Å². The molecule has 0 saturated carbocycles. The molecule has 1 aliphatic heterocycles. The molecule has 0 spiro atoms. The van der Waals surface area contributed by atoms with E-state index in [9.17, 15) is 9.59 Å². The van der Waals surface area contributed by atoms with Gasteiger partial charge in [0.05, 0.1) is 12.2 Å². The van der Waals surface area contributed by atoms with Crippen molar-refractivity contribution in [3.8, 4) is 5.75 Å². The maximum Gasteiger partial charge on any atom is 0.335 e. The summed E-state index contributed by atoms with van der Waals surface area (Å²) in [4.78, 5) is 23.3. The summed E-state index contributed by atoms with van der Waals surface area (Å²) in [6.45, 7) is 5.00. The van der Waals surface area contributed by atoms with Crippen LogP contribution in [0.5, 0.6) is 5.75 Å². The largest absolute Gasteiger partial charge is 0.493 e. The fourth-order valence-electron chi connectivity index (χ4n) is 2.89. The highest BCUT2D eigenvalue weighted by Crippen LogP contribution is 2.38. The van der Waals surface area contributed by atoms with Crippen LogP contribution in [0.4, 0.5) is 0 Å². The van der Waals surface area contributed by atoms with Crippen molar-refractivity contribution in [2.75, 3.05) is 6.61 Å². The van der Waals surface area contributed by atoms with Crippen LogP contribution >= 0.6 is 0 Å². The summed E-state index contributed by atoms with van der Waals surface area (Å²) < 4.78 is 5.68. The van der Waals surface area contributed by atoms with E-state index in [4.69, 9.17) is 9.84 Å². The van der Waals surface area contributed by atoms with Gasteiger partial charge in [-0.15, -0.1) is 0 Å². The Balaban J connectivity index is 1.80. The number of allylic oxidation sites excluding steroid dienone is 1. The molecule has 1 aliphatic rings. The molecule has 1 heterocycles. The van der Waals surface area contributed by atoms with Crippen LogP contribution in [0.1, 0.15) is 52.1 Å². The van der Waals surface area contributed by atoms with Crippen molar-refractivity contribution >= 4 is 17.8 Å². The van der Waals surface area contributed by atoms with E-state index in [0.29, 0.717) is 12.2 Å². The summed E-state index contributed by atoms with van der Waals surface area (Å²) in [5.41, 5.74) is 2.67. The minimum atomic E-state index is -0.967. The highest BCUT2D eigenvalue weighted by atomic mass is 16.5. The number of carbonyl (C=O) groups excluding carboxylic acids is 1. The molecule has 3 rings (SSSR count). The maximum atomic E-state index is 12.5. The molecule has 4 nitrogen and oxygen atoms in total. The number of carboxylic acid groups (broad SMARTS) is 1. The lowest BCUT2D eigenvalue weighted by Crippen LogP contribution is -2.26. The molecule has 0 bridgehead atoms. The SMILES string of the molecule is CC1(C)CCOc2ccc(C(=O)/C=C/c3ccc(C(=O)O)cc3)cc21. The van der Waals surface area contributed by atoms with Gasteiger partial charge in [-0.05, 0) is 53.8 Å².